The fourth-order valence-corrected chi connectivity index (χ4v) is 1.36. The zero-order valence-electron chi connectivity index (χ0n) is 9.66. The molecule has 16 heavy (non-hydrogen) atoms. The summed E-state index contributed by atoms with van der Waals surface area (Å²) >= 11 is 0. The Morgan fingerprint density at radius 3 is 2.81 bits per heavy atom. The van der Waals surface area contributed by atoms with E-state index < -0.39 is 6.10 Å². The van der Waals surface area contributed by atoms with Gasteiger partial charge in [0.2, 0.25) is 0 Å². The van der Waals surface area contributed by atoms with Crippen molar-refractivity contribution >= 4 is 0 Å². The van der Waals surface area contributed by atoms with E-state index in [0.717, 1.165) is 5.56 Å². The summed E-state index contributed by atoms with van der Waals surface area (Å²) in [5.74, 6) is 0.200. The second-order valence-corrected chi connectivity index (χ2v) is 3.81. The van der Waals surface area contributed by atoms with Crippen LogP contribution < -0.4 is 10.1 Å². The number of rotatable bonds is 6. The minimum Gasteiger partial charge on any atom is -0.493 e. The summed E-state index contributed by atoms with van der Waals surface area (Å²) in [4.78, 5) is 0. The van der Waals surface area contributed by atoms with Crippen LogP contribution in [0.15, 0.2) is 18.2 Å². The first-order valence-corrected chi connectivity index (χ1v) is 5.36. The van der Waals surface area contributed by atoms with Crippen molar-refractivity contribution in [1.29, 1.82) is 0 Å². The molecule has 90 valence electrons. The van der Waals surface area contributed by atoms with Crippen LogP contribution in [0, 0.1) is 5.82 Å². The van der Waals surface area contributed by atoms with E-state index >= 15 is 0 Å². The van der Waals surface area contributed by atoms with Crippen molar-refractivity contribution in [2.45, 2.75) is 26.0 Å². The highest BCUT2D eigenvalue weighted by Crippen LogP contribution is 2.16. The second kappa shape index (κ2) is 6.45. The molecule has 0 aliphatic rings. The maximum Gasteiger partial charge on any atom is 0.127 e. The van der Waals surface area contributed by atoms with Crippen LogP contribution in [0.5, 0.6) is 5.75 Å². The van der Waals surface area contributed by atoms with Gasteiger partial charge in [-0.05, 0) is 31.7 Å². The standard InChI is InChI=1S/C12H18FNO2/c1-9(15)3-4-16-12-6-10(8-14-2)5-11(13)7-12/h5-7,9,14-15H,3-4,8H2,1-2H3. The van der Waals surface area contributed by atoms with Gasteiger partial charge in [0.15, 0.2) is 0 Å². The highest BCUT2D eigenvalue weighted by Gasteiger charge is 2.02. The van der Waals surface area contributed by atoms with E-state index in [2.05, 4.69) is 5.32 Å². The molecule has 0 saturated carbocycles. The molecule has 1 aromatic carbocycles. The summed E-state index contributed by atoms with van der Waals surface area (Å²) in [7, 11) is 1.80. The summed E-state index contributed by atoms with van der Waals surface area (Å²) in [6.45, 7) is 2.69. The van der Waals surface area contributed by atoms with Crippen LogP contribution in [-0.4, -0.2) is 24.9 Å². The van der Waals surface area contributed by atoms with Crippen LogP contribution in [0.3, 0.4) is 0 Å². The molecule has 1 rings (SSSR count). The molecule has 0 aliphatic carbocycles. The second-order valence-electron chi connectivity index (χ2n) is 3.81. The van der Waals surface area contributed by atoms with Gasteiger partial charge >= 0.3 is 0 Å². The molecule has 1 atom stereocenters. The van der Waals surface area contributed by atoms with Crippen molar-refractivity contribution in [2.24, 2.45) is 0 Å². The lowest BCUT2D eigenvalue weighted by Gasteiger charge is -2.09. The van der Waals surface area contributed by atoms with E-state index in [-0.39, 0.29) is 5.82 Å². The van der Waals surface area contributed by atoms with Crippen LogP contribution in [0.25, 0.3) is 0 Å². The Morgan fingerprint density at radius 2 is 2.19 bits per heavy atom. The van der Waals surface area contributed by atoms with Crippen LogP contribution in [0.4, 0.5) is 4.39 Å². The Bertz CT molecular complexity index is 329. The third kappa shape index (κ3) is 4.59. The first kappa shape index (κ1) is 12.9. The first-order chi connectivity index (χ1) is 7.61. The van der Waals surface area contributed by atoms with Gasteiger partial charge in [0.25, 0.3) is 0 Å². The van der Waals surface area contributed by atoms with Gasteiger partial charge in [-0.2, -0.15) is 0 Å². The third-order valence-electron chi connectivity index (χ3n) is 2.12. The van der Waals surface area contributed by atoms with Crippen molar-refractivity contribution in [3.8, 4) is 5.75 Å². The zero-order chi connectivity index (χ0) is 12.0. The fraction of sp³-hybridized carbons (Fsp3) is 0.500. The maximum absolute atomic E-state index is 13.2. The van der Waals surface area contributed by atoms with Gasteiger partial charge in [0.05, 0.1) is 12.7 Å². The van der Waals surface area contributed by atoms with Crippen molar-refractivity contribution in [3.63, 3.8) is 0 Å². The molecule has 0 spiro atoms. The summed E-state index contributed by atoms with van der Waals surface area (Å²) in [6, 6.07) is 4.61. The summed E-state index contributed by atoms with van der Waals surface area (Å²) in [5, 5.41) is 12.0. The molecule has 0 heterocycles. The molecule has 3 nitrogen and oxygen atoms in total. The Balaban J connectivity index is 2.58. The lowest BCUT2D eigenvalue weighted by atomic mass is 10.2. The third-order valence-corrected chi connectivity index (χ3v) is 2.12. The number of aliphatic hydroxyl groups is 1. The Labute approximate surface area is 95.2 Å². The molecule has 0 amide bonds. The highest BCUT2D eigenvalue weighted by molar-refractivity contribution is 5.29. The van der Waals surface area contributed by atoms with E-state index in [4.69, 9.17) is 9.84 Å². The van der Waals surface area contributed by atoms with E-state index in [0.29, 0.717) is 25.3 Å². The lowest BCUT2D eigenvalue weighted by Crippen LogP contribution is -2.09. The molecule has 0 fully saturated rings. The molecule has 0 radical (unpaired) electrons. The smallest absolute Gasteiger partial charge is 0.127 e. The Hall–Kier alpha value is -1.13. The molecule has 0 bridgehead atoms. The van der Waals surface area contributed by atoms with Crippen LogP contribution in [0.1, 0.15) is 18.9 Å². The molecule has 1 unspecified atom stereocenters. The van der Waals surface area contributed by atoms with Crippen molar-refractivity contribution < 1.29 is 14.2 Å². The predicted molar refractivity (Wildman–Crippen MR) is 61.0 cm³/mol. The zero-order valence-corrected chi connectivity index (χ0v) is 9.66. The quantitative estimate of drug-likeness (QED) is 0.777. The van der Waals surface area contributed by atoms with E-state index in [9.17, 15) is 4.39 Å². The number of nitrogens with one attached hydrogen (secondary N) is 1. The van der Waals surface area contributed by atoms with Crippen LogP contribution in [0.2, 0.25) is 0 Å². The molecule has 4 heteroatoms. The van der Waals surface area contributed by atoms with Crippen LogP contribution >= 0.6 is 0 Å². The Morgan fingerprint density at radius 1 is 1.44 bits per heavy atom. The average Bonchev–Trinajstić information content (AvgIpc) is 2.16. The highest BCUT2D eigenvalue weighted by atomic mass is 19.1. The molecular formula is C12H18FNO2. The topological polar surface area (TPSA) is 41.5 Å². The molecule has 0 aliphatic heterocycles. The largest absolute Gasteiger partial charge is 0.493 e. The SMILES string of the molecule is CNCc1cc(F)cc(OCCC(C)O)c1. The minimum atomic E-state index is -0.398. The lowest BCUT2D eigenvalue weighted by molar-refractivity contribution is 0.155. The monoisotopic (exact) mass is 227 g/mol. The predicted octanol–water partition coefficient (Wildman–Crippen LogP) is 1.69. The number of benzene rings is 1. The van der Waals surface area contributed by atoms with E-state index in [1.54, 1.807) is 20.0 Å². The molecule has 1 aromatic rings. The van der Waals surface area contributed by atoms with Gasteiger partial charge in [-0.15, -0.1) is 0 Å². The van der Waals surface area contributed by atoms with Crippen molar-refractivity contribution in [1.82, 2.24) is 5.32 Å². The number of ether oxygens (including phenoxy) is 1. The minimum absolute atomic E-state index is 0.306. The van der Waals surface area contributed by atoms with Crippen LogP contribution in [-0.2, 0) is 6.54 Å². The van der Waals surface area contributed by atoms with Gasteiger partial charge in [-0.25, -0.2) is 4.39 Å². The first-order valence-electron chi connectivity index (χ1n) is 5.36. The molecule has 0 saturated heterocycles. The number of hydrogen-bond donors (Lipinski definition) is 2. The van der Waals surface area contributed by atoms with Gasteiger partial charge in [-0.1, -0.05) is 0 Å². The molecule has 0 aromatic heterocycles. The van der Waals surface area contributed by atoms with E-state index in [1.807, 2.05) is 0 Å². The fourth-order valence-electron chi connectivity index (χ4n) is 1.36. The van der Waals surface area contributed by atoms with Crippen molar-refractivity contribution in [2.75, 3.05) is 13.7 Å². The number of hydrogen-bond acceptors (Lipinski definition) is 3. The van der Waals surface area contributed by atoms with Gasteiger partial charge in [-0.3, -0.25) is 0 Å². The summed E-state index contributed by atoms with van der Waals surface area (Å²) in [6.07, 6.45) is 0.142. The molecular weight excluding hydrogens is 209 g/mol. The van der Waals surface area contributed by atoms with Gasteiger partial charge in [0, 0.05) is 19.0 Å². The maximum atomic E-state index is 13.2. The number of aliphatic hydroxyl groups excluding tert-OH is 1. The van der Waals surface area contributed by atoms with Crippen molar-refractivity contribution in [3.05, 3.63) is 29.6 Å². The normalized spacial score (nSPS) is 12.5. The van der Waals surface area contributed by atoms with Gasteiger partial charge < -0.3 is 15.2 Å². The van der Waals surface area contributed by atoms with Gasteiger partial charge in [0.1, 0.15) is 11.6 Å². The van der Waals surface area contributed by atoms with E-state index in [1.165, 1.54) is 12.1 Å². The Kier molecular flexibility index (Phi) is 5.22. The summed E-state index contributed by atoms with van der Waals surface area (Å²) < 4.78 is 18.5. The number of halogens is 1. The average molecular weight is 227 g/mol. The summed E-state index contributed by atoms with van der Waals surface area (Å²) in [5.41, 5.74) is 0.842. The molecule has 2 N–H and O–H groups in total.